The number of allylic oxidation sites excluding steroid dienone is 2. The van der Waals surface area contributed by atoms with Crippen molar-refractivity contribution in [2.75, 3.05) is 7.11 Å². The Morgan fingerprint density at radius 1 is 1.00 bits per heavy atom. The third kappa shape index (κ3) is 2.76. The van der Waals surface area contributed by atoms with E-state index in [2.05, 4.69) is 66.2 Å². The zero-order valence-corrected chi connectivity index (χ0v) is 13.8. The molecule has 24 heavy (non-hydrogen) atoms. The minimum Gasteiger partial charge on any atom is -0.496 e. The van der Waals surface area contributed by atoms with E-state index >= 15 is 0 Å². The summed E-state index contributed by atoms with van der Waals surface area (Å²) in [6.45, 7) is 0. The van der Waals surface area contributed by atoms with E-state index in [4.69, 9.17) is 4.74 Å². The van der Waals surface area contributed by atoms with Crippen molar-refractivity contribution < 1.29 is 4.74 Å². The van der Waals surface area contributed by atoms with Crippen molar-refractivity contribution in [3.05, 3.63) is 77.2 Å². The summed E-state index contributed by atoms with van der Waals surface area (Å²) in [5.74, 6) is 1.42. The van der Waals surface area contributed by atoms with Crippen LogP contribution < -0.4 is 20.5 Å². The van der Waals surface area contributed by atoms with Gasteiger partial charge in [-0.1, -0.05) is 60.7 Å². The minimum atomic E-state index is 0.370. The molecule has 2 aliphatic rings. The Labute approximate surface area is 142 Å². The van der Waals surface area contributed by atoms with Crippen molar-refractivity contribution in [3.8, 4) is 16.9 Å². The van der Waals surface area contributed by atoms with Gasteiger partial charge in [0, 0.05) is 17.7 Å². The quantitative estimate of drug-likeness (QED) is 0.920. The van der Waals surface area contributed by atoms with Crippen LogP contribution in [0.4, 0.5) is 0 Å². The third-order valence-corrected chi connectivity index (χ3v) is 4.80. The number of para-hydroxylation sites is 1. The van der Waals surface area contributed by atoms with Gasteiger partial charge in [0.2, 0.25) is 0 Å². The molecule has 2 heteroatoms. The standard InChI is InChI=1S/C22H21NO/c1-24-22-9-5-3-7-20(22)18-13-11-16-10-12-17-6-2-4-8-21(17)23-15-19(16)14-18/h2-11,13-15,17,21,23H,12H2,1H3. The molecule has 0 amide bonds. The van der Waals surface area contributed by atoms with E-state index in [1.807, 2.05) is 18.2 Å². The molecule has 1 N–H and O–H groups in total. The van der Waals surface area contributed by atoms with Gasteiger partial charge in [-0.2, -0.15) is 0 Å². The van der Waals surface area contributed by atoms with E-state index in [9.17, 15) is 0 Å². The Morgan fingerprint density at radius 2 is 1.88 bits per heavy atom. The molecular formula is C22H21NO. The summed E-state index contributed by atoms with van der Waals surface area (Å²) in [6, 6.07) is 15.1. The lowest BCUT2D eigenvalue weighted by Crippen LogP contribution is -2.37. The van der Waals surface area contributed by atoms with Gasteiger partial charge in [0.15, 0.2) is 0 Å². The first-order valence-corrected chi connectivity index (χ1v) is 8.40. The van der Waals surface area contributed by atoms with Crippen molar-refractivity contribution in [2.24, 2.45) is 5.92 Å². The van der Waals surface area contributed by atoms with Crippen LogP contribution >= 0.6 is 0 Å². The highest BCUT2D eigenvalue weighted by atomic mass is 16.5. The van der Waals surface area contributed by atoms with Crippen LogP contribution in [0.25, 0.3) is 23.4 Å². The average molecular weight is 315 g/mol. The molecule has 1 aliphatic heterocycles. The molecule has 0 fully saturated rings. The topological polar surface area (TPSA) is 21.3 Å². The minimum absolute atomic E-state index is 0.370. The normalized spacial score (nSPS) is 21.2. The Hall–Kier alpha value is -2.74. The third-order valence-electron chi connectivity index (χ3n) is 4.80. The van der Waals surface area contributed by atoms with Gasteiger partial charge >= 0.3 is 0 Å². The fourth-order valence-corrected chi connectivity index (χ4v) is 3.44. The lowest BCUT2D eigenvalue weighted by molar-refractivity contribution is 0.416. The summed E-state index contributed by atoms with van der Waals surface area (Å²) in [5, 5.41) is 6.07. The fraction of sp³-hybridized carbons (Fsp3) is 0.182. The van der Waals surface area contributed by atoms with Crippen LogP contribution in [0.3, 0.4) is 0 Å². The molecule has 2 aromatic rings. The number of rotatable bonds is 2. The van der Waals surface area contributed by atoms with Gasteiger partial charge in [0.05, 0.1) is 13.2 Å². The molecule has 0 aromatic heterocycles. The van der Waals surface area contributed by atoms with Crippen LogP contribution in [-0.2, 0) is 0 Å². The van der Waals surface area contributed by atoms with Crippen molar-refractivity contribution in [2.45, 2.75) is 12.5 Å². The maximum Gasteiger partial charge on any atom is 0.126 e. The molecule has 4 rings (SSSR count). The second kappa shape index (κ2) is 6.40. The zero-order chi connectivity index (χ0) is 16.4. The van der Waals surface area contributed by atoms with Gasteiger partial charge < -0.3 is 10.1 Å². The van der Waals surface area contributed by atoms with Crippen LogP contribution in [0.5, 0.6) is 5.75 Å². The van der Waals surface area contributed by atoms with Crippen LogP contribution in [0.1, 0.15) is 6.42 Å². The molecule has 0 saturated heterocycles. The second-order valence-electron chi connectivity index (χ2n) is 6.25. The van der Waals surface area contributed by atoms with E-state index in [0.29, 0.717) is 12.0 Å². The van der Waals surface area contributed by atoms with Crippen LogP contribution in [0, 0.1) is 5.92 Å². The van der Waals surface area contributed by atoms with Gasteiger partial charge in [0.1, 0.15) is 5.75 Å². The summed E-state index contributed by atoms with van der Waals surface area (Å²) in [5.41, 5.74) is 2.30. The number of fused-ring (bicyclic) bond motifs is 2. The molecule has 1 aliphatic carbocycles. The second-order valence-corrected chi connectivity index (χ2v) is 6.25. The number of methoxy groups -OCH3 is 1. The predicted molar refractivity (Wildman–Crippen MR) is 99.9 cm³/mol. The monoisotopic (exact) mass is 315 g/mol. The van der Waals surface area contributed by atoms with E-state index in [1.54, 1.807) is 7.11 Å². The summed E-state index contributed by atoms with van der Waals surface area (Å²) >= 11 is 0. The SMILES string of the molecule is COc1ccccc1-c1ccc2c(c1)=CNC1C=CC=CC1CC=2. The van der Waals surface area contributed by atoms with Gasteiger partial charge in [-0.05, 0) is 34.6 Å². The number of hydrogen-bond acceptors (Lipinski definition) is 2. The van der Waals surface area contributed by atoms with E-state index in [1.165, 1.54) is 16.0 Å². The Morgan fingerprint density at radius 3 is 2.79 bits per heavy atom. The Balaban J connectivity index is 1.79. The number of ether oxygens (including phenoxy) is 1. The number of nitrogens with one attached hydrogen (secondary N) is 1. The fourth-order valence-electron chi connectivity index (χ4n) is 3.44. The zero-order valence-electron chi connectivity index (χ0n) is 13.8. The molecule has 0 spiro atoms. The van der Waals surface area contributed by atoms with Crippen molar-refractivity contribution >= 4 is 12.3 Å². The largest absolute Gasteiger partial charge is 0.496 e. The van der Waals surface area contributed by atoms with Crippen LogP contribution in [-0.4, -0.2) is 13.2 Å². The van der Waals surface area contributed by atoms with Gasteiger partial charge in [0.25, 0.3) is 0 Å². The summed E-state index contributed by atoms with van der Waals surface area (Å²) in [4.78, 5) is 0. The molecule has 1 heterocycles. The smallest absolute Gasteiger partial charge is 0.126 e. The highest BCUT2D eigenvalue weighted by molar-refractivity contribution is 5.70. The maximum atomic E-state index is 5.51. The molecule has 0 bridgehead atoms. The first-order valence-electron chi connectivity index (χ1n) is 8.40. The van der Waals surface area contributed by atoms with Crippen LogP contribution in [0.15, 0.2) is 66.8 Å². The van der Waals surface area contributed by atoms with E-state index < -0.39 is 0 Å². The summed E-state index contributed by atoms with van der Waals surface area (Å²) in [7, 11) is 1.72. The highest BCUT2D eigenvalue weighted by Gasteiger charge is 2.17. The molecule has 2 nitrogen and oxygen atoms in total. The first-order chi connectivity index (χ1) is 11.8. The molecule has 0 saturated carbocycles. The van der Waals surface area contributed by atoms with Crippen molar-refractivity contribution in [1.82, 2.24) is 5.32 Å². The number of hydrogen-bond donors (Lipinski definition) is 1. The van der Waals surface area contributed by atoms with E-state index in [-0.39, 0.29) is 0 Å². The molecule has 120 valence electrons. The Kier molecular flexibility index (Phi) is 3.96. The molecule has 0 radical (unpaired) electrons. The lowest BCUT2D eigenvalue weighted by Gasteiger charge is -2.24. The molecule has 2 aromatic carbocycles. The van der Waals surface area contributed by atoms with E-state index in [0.717, 1.165) is 17.7 Å². The molecule has 2 unspecified atom stereocenters. The number of benzene rings is 2. The van der Waals surface area contributed by atoms with Gasteiger partial charge in [-0.15, -0.1) is 0 Å². The summed E-state index contributed by atoms with van der Waals surface area (Å²) in [6.07, 6.45) is 14.3. The highest BCUT2D eigenvalue weighted by Crippen LogP contribution is 2.28. The van der Waals surface area contributed by atoms with Gasteiger partial charge in [-0.3, -0.25) is 0 Å². The van der Waals surface area contributed by atoms with Crippen molar-refractivity contribution in [3.63, 3.8) is 0 Å². The predicted octanol–water partition coefficient (Wildman–Crippen LogP) is 2.98. The molecule has 2 atom stereocenters. The lowest BCUT2D eigenvalue weighted by atomic mass is 9.90. The Bertz CT molecular complexity index is 923. The van der Waals surface area contributed by atoms with Crippen LogP contribution in [0.2, 0.25) is 0 Å². The van der Waals surface area contributed by atoms with Crippen molar-refractivity contribution in [1.29, 1.82) is 0 Å². The maximum absolute atomic E-state index is 5.51. The average Bonchev–Trinajstić information content (AvgIpc) is 2.63. The van der Waals surface area contributed by atoms with Gasteiger partial charge in [-0.25, -0.2) is 0 Å². The summed E-state index contributed by atoms with van der Waals surface area (Å²) < 4.78 is 5.51. The first kappa shape index (κ1) is 14.8. The molecular weight excluding hydrogens is 294 g/mol.